The summed E-state index contributed by atoms with van der Waals surface area (Å²) in [6.07, 6.45) is 0. The summed E-state index contributed by atoms with van der Waals surface area (Å²) in [6, 6.07) is 7.80. The molecule has 0 saturated heterocycles. The summed E-state index contributed by atoms with van der Waals surface area (Å²) in [4.78, 5) is 5.34. The van der Waals surface area contributed by atoms with Gasteiger partial charge in [-0.3, -0.25) is 0 Å². The Morgan fingerprint density at radius 2 is 2.33 bits per heavy atom. The van der Waals surface area contributed by atoms with Crippen molar-refractivity contribution in [2.24, 2.45) is 0 Å². The normalized spacial score (nSPS) is 10.5. The molecule has 0 radical (unpaired) electrons. The fourth-order valence-corrected chi connectivity index (χ4v) is 3.00. The summed E-state index contributed by atoms with van der Waals surface area (Å²) in [6.45, 7) is 0. The molecule has 0 aliphatic carbocycles. The highest BCUT2D eigenvalue weighted by Crippen LogP contribution is 2.26. The van der Waals surface area contributed by atoms with Crippen LogP contribution in [0.4, 0.5) is 5.82 Å². The van der Waals surface area contributed by atoms with Gasteiger partial charge in [0.2, 0.25) is 0 Å². The third-order valence-corrected chi connectivity index (χ3v) is 4.02. The molecular formula is C10H9ClN2S2. The van der Waals surface area contributed by atoms with Gasteiger partial charge in [-0.2, -0.15) is 0 Å². The Balaban J connectivity index is 1.99. The number of nitrogens with zero attached hydrogens (tertiary/aromatic N) is 1. The molecule has 0 amide bonds. The number of hydrogen-bond acceptors (Lipinski definition) is 4. The molecule has 0 unspecified atom stereocenters. The molecule has 2 nitrogen and oxygen atoms in total. The molecule has 0 saturated carbocycles. The van der Waals surface area contributed by atoms with Gasteiger partial charge in [-0.25, -0.2) is 4.98 Å². The van der Waals surface area contributed by atoms with Gasteiger partial charge in [0.05, 0.1) is 5.75 Å². The first-order valence-electron chi connectivity index (χ1n) is 4.32. The van der Waals surface area contributed by atoms with Gasteiger partial charge >= 0.3 is 0 Å². The molecule has 78 valence electrons. The van der Waals surface area contributed by atoms with E-state index in [0.29, 0.717) is 5.82 Å². The zero-order chi connectivity index (χ0) is 10.7. The average molecular weight is 257 g/mol. The molecule has 1 heterocycles. The van der Waals surface area contributed by atoms with E-state index >= 15 is 0 Å². The standard InChI is InChI=1S/C10H9ClN2S2/c11-7-2-1-3-8(4-7)14-6-10-13-9(12)5-15-10/h1-5H,6,12H2. The number of thiazole rings is 1. The van der Waals surface area contributed by atoms with E-state index in [2.05, 4.69) is 4.98 Å². The maximum Gasteiger partial charge on any atom is 0.134 e. The van der Waals surface area contributed by atoms with Crippen molar-refractivity contribution in [2.75, 3.05) is 5.73 Å². The van der Waals surface area contributed by atoms with Crippen LogP contribution in [0.5, 0.6) is 0 Å². The first-order chi connectivity index (χ1) is 7.24. The Bertz CT molecular complexity index is 456. The number of hydrogen-bond donors (Lipinski definition) is 1. The van der Waals surface area contributed by atoms with E-state index in [4.69, 9.17) is 17.3 Å². The van der Waals surface area contributed by atoms with Crippen molar-refractivity contribution in [2.45, 2.75) is 10.6 Å². The second-order valence-electron chi connectivity index (χ2n) is 2.91. The summed E-state index contributed by atoms with van der Waals surface area (Å²) < 4.78 is 0. The third kappa shape index (κ3) is 3.12. The number of anilines is 1. The minimum Gasteiger partial charge on any atom is -0.383 e. The van der Waals surface area contributed by atoms with Crippen LogP contribution in [-0.2, 0) is 5.75 Å². The van der Waals surface area contributed by atoms with Gasteiger partial charge in [0, 0.05) is 15.3 Å². The van der Waals surface area contributed by atoms with Crippen molar-refractivity contribution >= 4 is 40.5 Å². The molecule has 5 heteroatoms. The van der Waals surface area contributed by atoms with Crippen LogP contribution < -0.4 is 5.73 Å². The lowest BCUT2D eigenvalue weighted by Crippen LogP contribution is -1.84. The van der Waals surface area contributed by atoms with Crippen LogP contribution in [-0.4, -0.2) is 4.98 Å². The highest BCUT2D eigenvalue weighted by atomic mass is 35.5. The molecule has 2 N–H and O–H groups in total. The predicted octanol–water partition coefficient (Wildman–Crippen LogP) is 3.67. The van der Waals surface area contributed by atoms with Gasteiger partial charge in [-0.05, 0) is 18.2 Å². The SMILES string of the molecule is Nc1csc(CSc2cccc(Cl)c2)n1. The predicted molar refractivity (Wildman–Crippen MR) is 67.5 cm³/mol. The summed E-state index contributed by atoms with van der Waals surface area (Å²) in [7, 11) is 0. The quantitative estimate of drug-likeness (QED) is 0.852. The Morgan fingerprint density at radius 3 is 3.00 bits per heavy atom. The molecule has 1 aromatic carbocycles. The van der Waals surface area contributed by atoms with E-state index < -0.39 is 0 Å². The first kappa shape index (κ1) is 10.8. The van der Waals surface area contributed by atoms with Gasteiger partial charge in [0.1, 0.15) is 10.8 Å². The highest BCUT2D eigenvalue weighted by Gasteiger charge is 2.00. The number of benzene rings is 1. The maximum absolute atomic E-state index is 5.88. The Hall–Kier alpha value is -0.710. The second kappa shape index (κ2) is 4.88. The van der Waals surface area contributed by atoms with Crippen LogP contribution >= 0.6 is 34.7 Å². The third-order valence-electron chi connectivity index (χ3n) is 1.73. The van der Waals surface area contributed by atoms with E-state index in [1.165, 1.54) is 0 Å². The lowest BCUT2D eigenvalue weighted by Gasteiger charge is -1.99. The molecule has 0 aliphatic heterocycles. The number of rotatable bonds is 3. The Kier molecular flexibility index (Phi) is 3.51. The summed E-state index contributed by atoms with van der Waals surface area (Å²) in [5, 5.41) is 3.66. The summed E-state index contributed by atoms with van der Waals surface area (Å²) in [5.74, 6) is 1.43. The average Bonchev–Trinajstić information content (AvgIpc) is 2.62. The zero-order valence-electron chi connectivity index (χ0n) is 7.81. The molecule has 0 spiro atoms. The van der Waals surface area contributed by atoms with E-state index in [9.17, 15) is 0 Å². The number of aromatic nitrogens is 1. The van der Waals surface area contributed by atoms with Crippen molar-refractivity contribution in [3.8, 4) is 0 Å². The molecule has 1 aromatic heterocycles. The Labute approximate surface area is 101 Å². The van der Waals surface area contributed by atoms with Crippen LogP contribution in [0.15, 0.2) is 34.5 Å². The van der Waals surface area contributed by atoms with Crippen LogP contribution in [0.3, 0.4) is 0 Å². The lowest BCUT2D eigenvalue weighted by molar-refractivity contribution is 1.27. The largest absolute Gasteiger partial charge is 0.383 e. The number of nitrogen functional groups attached to an aromatic ring is 1. The van der Waals surface area contributed by atoms with Gasteiger partial charge in [0.25, 0.3) is 0 Å². The van der Waals surface area contributed by atoms with Crippen molar-refractivity contribution in [1.82, 2.24) is 4.98 Å². The molecule has 0 bridgehead atoms. The van der Waals surface area contributed by atoms with Gasteiger partial charge < -0.3 is 5.73 Å². The van der Waals surface area contributed by atoms with Gasteiger partial charge in [0.15, 0.2) is 0 Å². The molecular weight excluding hydrogens is 248 g/mol. The first-order valence-corrected chi connectivity index (χ1v) is 6.56. The number of thioether (sulfide) groups is 1. The second-order valence-corrected chi connectivity index (χ2v) is 5.34. The van der Waals surface area contributed by atoms with E-state index in [-0.39, 0.29) is 0 Å². The highest BCUT2D eigenvalue weighted by molar-refractivity contribution is 7.98. The fourth-order valence-electron chi connectivity index (χ4n) is 1.09. The van der Waals surface area contributed by atoms with Gasteiger partial charge in [-0.1, -0.05) is 17.7 Å². The summed E-state index contributed by atoms with van der Waals surface area (Å²) >= 11 is 9.18. The monoisotopic (exact) mass is 256 g/mol. The molecule has 2 aromatic rings. The van der Waals surface area contributed by atoms with Crippen LogP contribution in [0.2, 0.25) is 5.02 Å². The topological polar surface area (TPSA) is 38.9 Å². The molecule has 15 heavy (non-hydrogen) atoms. The fraction of sp³-hybridized carbons (Fsp3) is 0.100. The minimum absolute atomic E-state index is 0.599. The van der Waals surface area contributed by atoms with Crippen molar-refractivity contribution in [3.63, 3.8) is 0 Å². The van der Waals surface area contributed by atoms with E-state index in [1.807, 2.05) is 29.6 Å². The van der Waals surface area contributed by atoms with Crippen LogP contribution in [0.1, 0.15) is 5.01 Å². The smallest absolute Gasteiger partial charge is 0.134 e. The van der Waals surface area contributed by atoms with Crippen molar-refractivity contribution < 1.29 is 0 Å². The van der Waals surface area contributed by atoms with Crippen molar-refractivity contribution in [3.05, 3.63) is 39.7 Å². The zero-order valence-corrected chi connectivity index (χ0v) is 10.2. The Morgan fingerprint density at radius 1 is 1.47 bits per heavy atom. The minimum atomic E-state index is 0.599. The lowest BCUT2D eigenvalue weighted by atomic mass is 10.4. The van der Waals surface area contributed by atoms with Crippen LogP contribution in [0.25, 0.3) is 0 Å². The van der Waals surface area contributed by atoms with E-state index in [0.717, 1.165) is 20.7 Å². The van der Waals surface area contributed by atoms with E-state index in [1.54, 1.807) is 23.1 Å². The van der Waals surface area contributed by atoms with Crippen LogP contribution in [0, 0.1) is 0 Å². The van der Waals surface area contributed by atoms with Gasteiger partial charge in [-0.15, -0.1) is 23.1 Å². The molecule has 0 aliphatic rings. The molecule has 0 atom stereocenters. The number of nitrogens with two attached hydrogens (primary N) is 1. The van der Waals surface area contributed by atoms with Crippen molar-refractivity contribution in [1.29, 1.82) is 0 Å². The molecule has 2 rings (SSSR count). The molecule has 0 fully saturated rings. The maximum atomic E-state index is 5.88. The number of halogens is 1. The summed E-state index contributed by atoms with van der Waals surface area (Å²) in [5.41, 5.74) is 5.54.